The van der Waals surface area contributed by atoms with Crippen molar-refractivity contribution >= 4 is 42.7 Å². The van der Waals surface area contributed by atoms with E-state index in [4.69, 9.17) is 0 Å². The molecule has 0 atom stereocenters. The molecule has 0 saturated carbocycles. The first-order valence-electron chi connectivity index (χ1n) is 9.03. The van der Waals surface area contributed by atoms with Crippen LogP contribution in [0.5, 0.6) is 0 Å². The summed E-state index contributed by atoms with van der Waals surface area (Å²) >= 11 is 0. The maximum absolute atomic E-state index is 2.46. The van der Waals surface area contributed by atoms with E-state index in [-0.39, 0.29) is 0 Å². The summed E-state index contributed by atoms with van der Waals surface area (Å²) in [4.78, 5) is 0. The van der Waals surface area contributed by atoms with Gasteiger partial charge in [0.2, 0.25) is 0 Å². The van der Waals surface area contributed by atoms with Crippen LogP contribution in [-0.2, 0) is 0 Å². The first-order valence-corrected chi connectivity index (χ1v) is 23.4. The van der Waals surface area contributed by atoms with Crippen LogP contribution in [0.25, 0.3) is 0 Å². The van der Waals surface area contributed by atoms with Gasteiger partial charge < -0.3 is 0 Å². The summed E-state index contributed by atoms with van der Waals surface area (Å²) in [6.45, 7) is 29.2. The fourth-order valence-electron chi connectivity index (χ4n) is 3.06. The molecule has 0 nitrogen and oxygen atoms in total. The fraction of sp³-hybridized carbons (Fsp3) is 0.684. The standard InChI is InChI=1S/C12H22Si2.C7H20Si2/c1-13(2,3)11-7-9-12(10-8-11)14(4,5)6;1-8(2,3)7-9(4,5)6/h7-10H,1-6H3;7H2,1-6H3. The van der Waals surface area contributed by atoms with Crippen molar-refractivity contribution in [2.24, 2.45) is 0 Å². The predicted molar refractivity (Wildman–Crippen MR) is 124 cm³/mol. The molecule has 0 saturated heterocycles. The van der Waals surface area contributed by atoms with Gasteiger partial charge in [-0.3, -0.25) is 0 Å². The maximum atomic E-state index is 2.46. The molecule has 0 spiro atoms. The lowest BCUT2D eigenvalue weighted by Gasteiger charge is -2.25. The Hall–Kier alpha value is 0.0875. The molecule has 0 aliphatic rings. The smallest absolute Gasteiger partial charge is 0.0698 e. The lowest BCUT2D eigenvalue weighted by atomic mass is 10.4. The molecule has 0 unspecified atom stereocenters. The Labute approximate surface area is 151 Å². The number of hydrogen-bond donors (Lipinski definition) is 0. The van der Waals surface area contributed by atoms with Gasteiger partial charge >= 0.3 is 0 Å². The largest absolute Gasteiger partial charge is 0.0775 e. The quantitative estimate of drug-likeness (QED) is 0.562. The van der Waals surface area contributed by atoms with Gasteiger partial charge in [-0.25, -0.2) is 0 Å². The molecule has 0 radical (unpaired) electrons. The molecule has 1 aromatic rings. The summed E-state index contributed by atoms with van der Waals surface area (Å²) < 4.78 is 0. The Morgan fingerprint density at radius 1 is 0.478 bits per heavy atom. The highest BCUT2D eigenvalue weighted by molar-refractivity contribution is 6.94. The third-order valence-electron chi connectivity index (χ3n) is 3.68. The van der Waals surface area contributed by atoms with Crippen LogP contribution >= 0.6 is 0 Å². The Balaban J connectivity index is 0.000000468. The van der Waals surface area contributed by atoms with Gasteiger partial charge in [-0.05, 0) is 0 Å². The minimum absolute atomic E-state index is 0.731. The summed E-state index contributed by atoms with van der Waals surface area (Å²) in [5.74, 6) is 0. The van der Waals surface area contributed by atoms with E-state index in [1.165, 1.54) is 0 Å². The first-order chi connectivity index (χ1) is 9.92. The molecule has 0 fully saturated rings. The fourth-order valence-corrected chi connectivity index (χ4v) is 18.1. The summed E-state index contributed by atoms with van der Waals surface area (Å²) in [6.07, 6.45) is 0. The molecule has 0 amide bonds. The van der Waals surface area contributed by atoms with Crippen molar-refractivity contribution in [3.05, 3.63) is 24.3 Å². The summed E-state index contributed by atoms with van der Waals surface area (Å²) in [7, 11) is -3.66. The van der Waals surface area contributed by atoms with Crippen LogP contribution in [0.15, 0.2) is 24.3 Å². The molecule has 1 rings (SSSR count). The monoisotopic (exact) mass is 382 g/mol. The highest BCUT2D eigenvalue weighted by Crippen LogP contribution is 2.18. The normalized spacial score (nSPS) is 13.4. The molecule has 4 heteroatoms. The molecule has 0 bridgehead atoms. The van der Waals surface area contributed by atoms with E-state index in [0.29, 0.717) is 0 Å². The van der Waals surface area contributed by atoms with Gasteiger partial charge in [0.05, 0.1) is 16.1 Å². The molecule has 0 aromatic heterocycles. The third kappa shape index (κ3) is 11.3. The van der Waals surface area contributed by atoms with Gasteiger partial charge in [-0.2, -0.15) is 0 Å². The van der Waals surface area contributed by atoms with Gasteiger partial charge in [-0.15, -0.1) is 0 Å². The van der Waals surface area contributed by atoms with Crippen LogP contribution in [0.4, 0.5) is 0 Å². The summed E-state index contributed by atoms with van der Waals surface area (Å²) in [6, 6.07) is 9.39. The highest BCUT2D eigenvalue weighted by atomic mass is 28.4. The molecule has 0 heterocycles. The molecule has 134 valence electrons. The summed E-state index contributed by atoms with van der Waals surface area (Å²) in [5.41, 5.74) is 1.57. The molecular weight excluding hydrogens is 341 g/mol. The highest BCUT2D eigenvalue weighted by Gasteiger charge is 2.23. The molecule has 0 N–H and O–H groups in total. The van der Waals surface area contributed by atoms with Crippen LogP contribution in [0, 0.1) is 0 Å². The van der Waals surface area contributed by atoms with Gasteiger partial charge in [-0.1, -0.05) is 119 Å². The van der Waals surface area contributed by atoms with Crippen LogP contribution in [0.3, 0.4) is 0 Å². The van der Waals surface area contributed by atoms with Gasteiger partial charge in [0, 0.05) is 16.1 Å². The number of hydrogen-bond acceptors (Lipinski definition) is 0. The second-order valence-electron chi connectivity index (χ2n) is 11.4. The van der Waals surface area contributed by atoms with E-state index in [0.717, 1.165) is 0 Å². The van der Waals surface area contributed by atoms with Crippen molar-refractivity contribution in [3.8, 4) is 0 Å². The Bertz CT molecular complexity index is 418. The molecule has 1 aromatic carbocycles. The van der Waals surface area contributed by atoms with Crippen LogP contribution in [0.2, 0.25) is 84.2 Å². The van der Waals surface area contributed by atoms with E-state index in [9.17, 15) is 0 Å². The van der Waals surface area contributed by atoms with Crippen LogP contribution in [0.1, 0.15) is 0 Å². The van der Waals surface area contributed by atoms with Crippen molar-refractivity contribution in [2.45, 2.75) is 84.2 Å². The van der Waals surface area contributed by atoms with Gasteiger partial charge in [0.15, 0.2) is 0 Å². The van der Waals surface area contributed by atoms with Crippen LogP contribution < -0.4 is 10.4 Å². The molecule has 0 aliphatic carbocycles. The lowest BCUT2D eigenvalue weighted by Crippen LogP contribution is -2.42. The topological polar surface area (TPSA) is 0 Å². The van der Waals surface area contributed by atoms with Crippen molar-refractivity contribution in [1.82, 2.24) is 0 Å². The third-order valence-corrected chi connectivity index (χ3v) is 16.3. The van der Waals surface area contributed by atoms with E-state index in [1.807, 2.05) is 0 Å². The zero-order valence-corrected chi connectivity index (χ0v) is 22.0. The molecular formula is C19H42Si4. The van der Waals surface area contributed by atoms with Crippen molar-refractivity contribution in [2.75, 3.05) is 0 Å². The van der Waals surface area contributed by atoms with E-state index < -0.39 is 32.3 Å². The lowest BCUT2D eigenvalue weighted by molar-refractivity contribution is 1.52. The predicted octanol–water partition coefficient (Wildman–Crippen LogP) is 5.98. The van der Waals surface area contributed by atoms with E-state index >= 15 is 0 Å². The Morgan fingerprint density at radius 2 is 0.696 bits per heavy atom. The first kappa shape index (κ1) is 23.1. The van der Waals surface area contributed by atoms with E-state index in [1.54, 1.807) is 16.0 Å². The van der Waals surface area contributed by atoms with Crippen LogP contribution in [-0.4, -0.2) is 32.3 Å². The minimum Gasteiger partial charge on any atom is -0.0698 e. The second kappa shape index (κ2) is 7.98. The van der Waals surface area contributed by atoms with E-state index in [2.05, 4.69) is 103 Å². The number of benzene rings is 1. The average molecular weight is 383 g/mol. The Kier molecular flexibility index (Phi) is 8.01. The van der Waals surface area contributed by atoms with Crippen molar-refractivity contribution < 1.29 is 0 Å². The zero-order valence-electron chi connectivity index (χ0n) is 18.0. The molecule has 0 aliphatic heterocycles. The van der Waals surface area contributed by atoms with Crippen molar-refractivity contribution in [3.63, 3.8) is 0 Å². The minimum atomic E-state index is -1.10. The number of rotatable bonds is 4. The van der Waals surface area contributed by atoms with Gasteiger partial charge in [0.1, 0.15) is 0 Å². The zero-order chi connectivity index (χ0) is 18.7. The second-order valence-corrected chi connectivity index (χ2v) is 33.2. The maximum Gasteiger partial charge on any atom is 0.0775 e. The van der Waals surface area contributed by atoms with Gasteiger partial charge in [0.25, 0.3) is 0 Å². The Morgan fingerprint density at radius 3 is 0.783 bits per heavy atom. The van der Waals surface area contributed by atoms with Crippen molar-refractivity contribution in [1.29, 1.82) is 0 Å². The average Bonchev–Trinajstić information content (AvgIpc) is 2.22. The SMILES string of the molecule is C[Si](C)(C)C[Si](C)(C)C.C[Si](C)(C)c1ccc([Si](C)(C)C)cc1. The molecule has 23 heavy (non-hydrogen) atoms. The summed E-state index contributed by atoms with van der Waals surface area (Å²) in [5, 5.41) is 3.14.